The van der Waals surface area contributed by atoms with Gasteiger partial charge in [0.25, 0.3) is 0 Å². The molecule has 1 aromatic rings. The standard InChI is InChI=1S/C10H11F.C2H6/c1-3-8-5-6-10(11)9(4-2)7-8;1-2/h4-7H,2-3H2,1H3;1-2H3. The molecule has 0 saturated heterocycles. The van der Waals surface area contributed by atoms with Crippen LogP contribution < -0.4 is 0 Å². The van der Waals surface area contributed by atoms with Crippen molar-refractivity contribution in [3.63, 3.8) is 0 Å². The van der Waals surface area contributed by atoms with E-state index in [-0.39, 0.29) is 5.82 Å². The molecule has 0 nitrogen and oxygen atoms in total. The SMILES string of the molecule is C=Cc1cc(CC)ccc1F.CC. The van der Waals surface area contributed by atoms with E-state index in [2.05, 4.69) is 6.58 Å². The van der Waals surface area contributed by atoms with Crippen LogP contribution in [0.4, 0.5) is 4.39 Å². The smallest absolute Gasteiger partial charge is 0.130 e. The molecule has 0 aromatic heterocycles. The van der Waals surface area contributed by atoms with E-state index in [1.807, 2.05) is 26.8 Å². The van der Waals surface area contributed by atoms with Gasteiger partial charge in [-0.2, -0.15) is 0 Å². The summed E-state index contributed by atoms with van der Waals surface area (Å²) in [5.74, 6) is -0.197. The number of hydrogen-bond acceptors (Lipinski definition) is 0. The van der Waals surface area contributed by atoms with Crippen LogP contribution in [0.1, 0.15) is 31.9 Å². The van der Waals surface area contributed by atoms with Gasteiger partial charge in [-0.25, -0.2) is 4.39 Å². The summed E-state index contributed by atoms with van der Waals surface area (Å²) in [6.45, 7) is 9.57. The third kappa shape index (κ3) is 3.41. The van der Waals surface area contributed by atoms with Crippen molar-refractivity contribution in [1.29, 1.82) is 0 Å². The summed E-state index contributed by atoms with van der Waals surface area (Å²) in [4.78, 5) is 0. The van der Waals surface area contributed by atoms with E-state index in [4.69, 9.17) is 0 Å². The Hall–Kier alpha value is -1.11. The predicted octanol–water partition coefficient (Wildman–Crippen LogP) is 4.06. The van der Waals surface area contributed by atoms with E-state index in [9.17, 15) is 4.39 Å². The molecule has 1 rings (SSSR count). The molecule has 0 aliphatic rings. The quantitative estimate of drug-likeness (QED) is 0.644. The topological polar surface area (TPSA) is 0 Å². The highest BCUT2D eigenvalue weighted by atomic mass is 19.1. The number of hydrogen-bond donors (Lipinski definition) is 0. The molecule has 0 unspecified atom stereocenters. The third-order valence-corrected chi connectivity index (χ3v) is 1.69. The first-order valence-corrected chi connectivity index (χ1v) is 4.68. The zero-order chi connectivity index (χ0) is 10.3. The Bertz CT molecular complexity index is 264. The molecule has 0 saturated carbocycles. The van der Waals surface area contributed by atoms with E-state index in [1.165, 1.54) is 12.1 Å². The highest BCUT2D eigenvalue weighted by Gasteiger charge is 1.97. The van der Waals surface area contributed by atoms with Crippen molar-refractivity contribution in [2.45, 2.75) is 27.2 Å². The number of benzene rings is 1. The minimum absolute atomic E-state index is 0.197. The summed E-state index contributed by atoms with van der Waals surface area (Å²) in [6.07, 6.45) is 2.47. The van der Waals surface area contributed by atoms with Crippen molar-refractivity contribution in [3.05, 3.63) is 41.7 Å². The molecular weight excluding hydrogens is 163 g/mol. The summed E-state index contributed by atoms with van der Waals surface area (Å²) in [7, 11) is 0. The van der Waals surface area contributed by atoms with Gasteiger partial charge in [-0.1, -0.05) is 39.5 Å². The first-order valence-electron chi connectivity index (χ1n) is 4.68. The summed E-state index contributed by atoms with van der Waals surface area (Å²) in [6, 6.07) is 5.10. The van der Waals surface area contributed by atoms with Crippen LogP contribution in [0.5, 0.6) is 0 Å². The molecule has 0 aliphatic heterocycles. The van der Waals surface area contributed by atoms with Crippen molar-refractivity contribution in [3.8, 4) is 0 Å². The fourth-order valence-electron chi connectivity index (χ4n) is 0.970. The van der Waals surface area contributed by atoms with Crippen molar-refractivity contribution < 1.29 is 4.39 Å². The van der Waals surface area contributed by atoms with E-state index in [0.29, 0.717) is 5.56 Å². The van der Waals surface area contributed by atoms with Crippen LogP contribution in [0, 0.1) is 5.82 Å². The molecule has 72 valence electrons. The molecule has 0 atom stereocenters. The lowest BCUT2D eigenvalue weighted by Gasteiger charge is -1.99. The Morgan fingerprint density at radius 2 is 2.00 bits per heavy atom. The van der Waals surface area contributed by atoms with E-state index >= 15 is 0 Å². The Balaban J connectivity index is 0.000000671. The van der Waals surface area contributed by atoms with Crippen LogP contribution in [0.25, 0.3) is 6.08 Å². The highest BCUT2D eigenvalue weighted by Crippen LogP contribution is 2.11. The third-order valence-electron chi connectivity index (χ3n) is 1.69. The lowest BCUT2D eigenvalue weighted by Crippen LogP contribution is -1.85. The molecule has 13 heavy (non-hydrogen) atoms. The molecule has 0 amide bonds. The monoisotopic (exact) mass is 180 g/mol. The van der Waals surface area contributed by atoms with Gasteiger partial charge >= 0.3 is 0 Å². The van der Waals surface area contributed by atoms with E-state index in [1.54, 1.807) is 6.07 Å². The molecule has 0 heterocycles. The summed E-state index contributed by atoms with van der Waals surface area (Å²) in [5, 5.41) is 0. The number of rotatable bonds is 2. The Kier molecular flexibility index (Phi) is 5.86. The summed E-state index contributed by atoms with van der Waals surface area (Å²) in [5.41, 5.74) is 1.73. The molecule has 0 bridgehead atoms. The minimum atomic E-state index is -0.197. The zero-order valence-corrected chi connectivity index (χ0v) is 8.60. The van der Waals surface area contributed by atoms with Crippen LogP contribution in [-0.2, 0) is 6.42 Å². The van der Waals surface area contributed by atoms with Gasteiger partial charge in [-0.05, 0) is 24.1 Å². The van der Waals surface area contributed by atoms with E-state index in [0.717, 1.165) is 12.0 Å². The van der Waals surface area contributed by atoms with Gasteiger partial charge in [-0.15, -0.1) is 0 Å². The summed E-state index contributed by atoms with van der Waals surface area (Å²) >= 11 is 0. The molecule has 0 fully saturated rings. The normalized spacial score (nSPS) is 8.62. The van der Waals surface area contributed by atoms with Gasteiger partial charge in [0, 0.05) is 5.56 Å². The van der Waals surface area contributed by atoms with Gasteiger partial charge in [0.05, 0.1) is 0 Å². The molecule has 0 aliphatic carbocycles. The molecule has 0 spiro atoms. The van der Waals surface area contributed by atoms with E-state index < -0.39 is 0 Å². The van der Waals surface area contributed by atoms with Crippen LogP contribution >= 0.6 is 0 Å². The first kappa shape index (κ1) is 11.9. The van der Waals surface area contributed by atoms with Crippen LogP contribution in [0.15, 0.2) is 24.8 Å². The van der Waals surface area contributed by atoms with Gasteiger partial charge in [0.1, 0.15) is 5.82 Å². The average molecular weight is 180 g/mol. The number of halogens is 1. The maximum atomic E-state index is 12.8. The maximum absolute atomic E-state index is 12.8. The molecule has 1 heteroatoms. The Morgan fingerprint density at radius 3 is 2.46 bits per heavy atom. The average Bonchev–Trinajstić information content (AvgIpc) is 2.22. The van der Waals surface area contributed by atoms with Gasteiger partial charge in [0.15, 0.2) is 0 Å². The van der Waals surface area contributed by atoms with Gasteiger partial charge in [0.2, 0.25) is 0 Å². The van der Waals surface area contributed by atoms with Crippen molar-refractivity contribution in [2.24, 2.45) is 0 Å². The second-order valence-electron chi connectivity index (χ2n) is 2.41. The van der Waals surface area contributed by atoms with Crippen LogP contribution in [0.2, 0.25) is 0 Å². The second-order valence-corrected chi connectivity index (χ2v) is 2.41. The minimum Gasteiger partial charge on any atom is -0.206 e. The summed E-state index contributed by atoms with van der Waals surface area (Å²) < 4.78 is 12.8. The van der Waals surface area contributed by atoms with Gasteiger partial charge < -0.3 is 0 Å². The fourth-order valence-corrected chi connectivity index (χ4v) is 0.970. The Labute approximate surface area is 80.1 Å². The Morgan fingerprint density at radius 1 is 1.38 bits per heavy atom. The first-order chi connectivity index (χ1) is 6.27. The molecule has 0 N–H and O–H groups in total. The lowest BCUT2D eigenvalue weighted by molar-refractivity contribution is 0.624. The number of aryl methyl sites for hydroxylation is 1. The fraction of sp³-hybridized carbons (Fsp3) is 0.333. The lowest BCUT2D eigenvalue weighted by atomic mass is 10.1. The maximum Gasteiger partial charge on any atom is 0.130 e. The van der Waals surface area contributed by atoms with Crippen LogP contribution in [0.3, 0.4) is 0 Å². The molecule has 0 radical (unpaired) electrons. The van der Waals surface area contributed by atoms with Crippen LogP contribution in [-0.4, -0.2) is 0 Å². The predicted molar refractivity (Wildman–Crippen MR) is 57.2 cm³/mol. The largest absolute Gasteiger partial charge is 0.206 e. The van der Waals surface area contributed by atoms with Gasteiger partial charge in [-0.3, -0.25) is 0 Å². The van der Waals surface area contributed by atoms with Crippen molar-refractivity contribution in [2.75, 3.05) is 0 Å². The highest BCUT2D eigenvalue weighted by molar-refractivity contribution is 5.48. The van der Waals surface area contributed by atoms with Crippen molar-refractivity contribution >= 4 is 6.08 Å². The molecule has 1 aromatic carbocycles. The second kappa shape index (κ2) is 6.41. The van der Waals surface area contributed by atoms with Crippen molar-refractivity contribution in [1.82, 2.24) is 0 Å². The molecular formula is C12H17F. The zero-order valence-electron chi connectivity index (χ0n) is 8.60.